The first-order valence-electron chi connectivity index (χ1n) is 6.28. The van der Waals surface area contributed by atoms with E-state index in [1.165, 1.54) is 6.26 Å². The fourth-order valence-corrected chi connectivity index (χ4v) is 2.78. The molecule has 5 nitrogen and oxygen atoms in total. The third kappa shape index (κ3) is 6.33. The molecule has 0 saturated carbocycles. The summed E-state index contributed by atoms with van der Waals surface area (Å²) in [5.74, 6) is 0.767. The van der Waals surface area contributed by atoms with Crippen LogP contribution in [0.25, 0.3) is 0 Å². The Labute approximate surface area is 115 Å². The summed E-state index contributed by atoms with van der Waals surface area (Å²) in [6.07, 6.45) is 2.14. The van der Waals surface area contributed by atoms with Crippen LogP contribution in [0.5, 0.6) is 5.75 Å². The van der Waals surface area contributed by atoms with Gasteiger partial charge in [-0.15, -0.1) is 0 Å². The fraction of sp³-hybridized carbons (Fsp3) is 0.538. The van der Waals surface area contributed by atoms with Gasteiger partial charge in [-0.2, -0.15) is 0 Å². The Morgan fingerprint density at radius 3 is 2.63 bits per heavy atom. The summed E-state index contributed by atoms with van der Waals surface area (Å²) in [6, 6.07) is 5.15. The number of nitrogen functional groups attached to an aromatic ring is 1. The number of hydrogen-bond donors (Lipinski definition) is 2. The molecule has 0 spiro atoms. The van der Waals surface area contributed by atoms with Crippen molar-refractivity contribution in [2.75, 3.05) is 29.7 Å². The van der Waals surface area contributed by atoms with Crippen LogP contribution in [0.15, 0.2) is 18.2 Å². The Kier molecular flexibility index (Phi) is 5.47. The van der Waals surface area contributed by atoms with Gasteiger partial charge >= 0.3 is 0 Å². The van der Waals surface area contributed by atoms with Crippen molar-refractivity contribution in [3.63, 3.8) is 0 Å². The van der Waals surface area contributed by atoms with Crippen molar-refractivity contribution in [3.05, 3.63) is 18.2 Å². The molecule has 0 amide bonds. The molecule has 0 bridgehead atoms. The molecule has 0 radical (unpaired) electrons. The maximum atomic E-state index is 11.2. The van der Waals surface area contributed by atoms with Crippen LogP contribution < -0.4 is 15.8 Å². The number of nitrogens with one attached hydrogen (secondary N) is 1. The molecule has 1 atom stereocenters. The summed E-state index contributed by atoms with van der Waals surface area (Å²) in [5.41, 5.74) is 7.15. The van der Waals surface area contributed by atoms with Crippen LogP contribution in [-0.2, 0) is 9.84 Å². The first-order valence-corrected chi connectivity index (χ1v) is 8.34. The van der Waals surface area contributed by atoms with Gasteiger partial charge in [0.05, 0.1) is 12.4 Å². The van der Waals surface area contributed by atoms with Crippen molar-refractivity contribution in [1.29, 1.82) is 0 Å². The van der Waals surface area contributed by atoms with E-state index in [1.54, 1.807) is 12.1 Å². The molecule has 1 rings (SSSR count). The first-order chi connectivity index (χ1) is 8.80. The molecule has 0 aliphatic rings. The van der Waals surface area contributed by atoms with Crippen molar-refractivity contribution in [3.8, 4) is 5.75 Å². The molecule has 0 aliphatic heterocycles. The van der Waals surface area contributed by atoms with Crippen LogP contribution in [0.4, 0.5) is 11.4 Å². The quantitative estimate of drug-likeness (QED) is 0.748. The lowest BCUT2D eigenvalue weighted by Gasteiger charge is -2.16. The molecule has 1 aromatic rings. The van der Waals surface area contributed by atoms with Crippen molar-refractivity contribution in [1.82, 2.24) is 0 Å². The van der Waals surface area contributed by atoms with Gasteiger partial charge in [0.2, 0.25) is 0 Å². The number of rotatable bonds is 7. The van der Waals surface area contributed by atoms with Gasteiger partial charge < -0.3 is 15.8 Å². The minimum atomic E-state index is -3.00. The Morgan fingerprint density at radius 1 is 1.37 bits per heavy atom. The Morgan fingerprint density at radius 2 is 2.05 bits per heavy atom. The number of benzene rings is 1. The lowest BCUT2D eigenvalue weighted by Crippen LogP contribution is -2.25. The molecule has 0 fully saturated rings. The Bertz CT molecular complexity index is 515. The van der Waals surface area contributed by atoms with Crippen LogP contribution >= 0.6 is 0 Å². The average molecular weight is 286 g/mol. The lowest BCUT2D eigenvalue weighted by molar-refractivity contribution is 0.318. The van der Waals surface area contributed by atoms with Gasteiger partial charge in [-0.05, 0) is 19.4 Å². The van der Waals surface area contributed by atoms with Crippen molar-refractivity contribution < 1.29 is 13.2 Å². The fourth-order valence-electron chi connectivity index (χ4n) is 1.79. The monoisotopic (exact) mass is 286 g/mol. The number of ether oxygens (including phenoxy) is 1. The molecular weight excluding hydrogens is 264 g/mol. The molecule has 6 heteroatoms. The van der Waals surface area contributed by atoms with E-state index >= 15 is 0 Å². The normalized spacial score (nSPS) is 13.0. The maximum absolute atomic E-state index is 11.2. The highest BCUT2D eigenvalue weighted by atomic mass is 32.2. The van der Waals surface area contributed by atoms with E-state index in [2.05, 4.69) is 5.32 Å². The van der Waals surface area contributed by atoms with Gasteiger partial charge in [0.15, 0.2) is 0 Å². The molecule has 1 unspecified atom stereocenters. The summed E-state index contributed by atoms with van der Waals surface area (Å²) in [6.45, 7) is 4.47. The minimum absolute atomic E-state index is 0.0763. The Hall–Kier alpha value is -1.43. The number of hydrogen-bond acceptors (Lipinski definition) is 5. The average Bonchev–Trinajstić information content (AvgIpc) is 2.22. The number of anilines is 2. The van der Waals surface area contributed by atoms with Crippen LogP contribution in [-0.4, -0.2) is 33.1 Å². The molecule has 19 heavy (non-hydrogen) atoms. The summed E-state index contributed by atoms with van der Waals surface area (Å²) in [5, 5.41) is 3.12. The standard InChI is InChI=1S/C13H22N2O3S/c1-4-5-18-13-7-11(14)6-12(8-13)15-10(2)9-19(3,16)17/h6-8,10,15H,4-5,9,14H2,1-3H3. The van der Waals surface area contributed by atoms with E-state index in [1.807, 2.05) is 19.9 Å². The summed E-state index contributed by atoms with van der Waals surface area (Å²) < 4.78 is 28.0. The third-order valence-electron chi connectivity index (χ3n) is 2.37. The number of sulfone groups is 1. The number of nitrogens with two attached hydrogens (primary N) is 1. The molecule has 0 heterocycles. The van der Waals surface area contributed by atoms with E-state index < -0.39 is 9.84 Å². The molecular formula is C13H22N2O3S. The van der Waals surface area contributed by atoms with Crippen LogP contribution in [0.3, 0.4) is 0 Å². The van der Waals surface area contributed by atoms with Gasteiger partial charge in [0.1, 0.15) is 15.6 Å². The van der Waals surface area contributed by atoms with Gasteiger partial charge in [-0.3, -0.25) is 0 Å². The van der Waals surface area contributed by atoms with Gasteiger partial charge in [-0.25, -0.2) is 8.42 Å². The van der Waals surface area contributed by atoms with Crippen molar-refractivity contribution >= 4 is 21.2 Å². The zero-order chi connectivity index (χ0) is 14.5. The molecule has 3 N–H and O–H groups in total. The largest absolute Gasteiger partial charge is 0.493 e. The lowest BCUT2D eigenvalue weighted by atomic mass is 10.2. The van der Waals surface area contributed by atoms with Gasteiger partial charge in [-0.1, -0.05) is 6.92 Å². The highest BCUT2D eigenvalue weighted by Crippen LogP contribution is 2.23. The topological polar surface area (TPSA) is 81.4 Å². The third-order valence-corrected chi connectivity index (χ3v) is 3.47. The smallest absolute Gasteiger partial charge is 0.149 e. The summed E-state index contributed by atoms with van der Waals surface area (Å²) in [4.78, 5) is 0. The first kappa shape index (κ1) is 15.6. The van der Waals surface area contributed by atoms with E-state index in [9.17, 15) is 8.42 Å². The summed E-state index contributed by atoms with van der Waals surface area (Å²) in [7, 11) is -3.00. The van der Waals surface area contributed by atoms with Crippen LogP contribution in [0, 0.1) is 0 Å². The molecule has 0 aliphatic carbocycles. The highest BCUT2D eigenvalue weighted by molar-refractivity contribution is 7.90. The maximum Gasteiger partial charge on any atom is 0.149 e. The summed E-state index contributed by atoms with van der Waals surface area (Å²) >= 11 is 0. The van der Waals surface area contributed by atoms with E-state index in [-0.39, 0.29) is 11.8 Å². The second-order valence-electron chi connectivity index (χ2n) is 4.78. The minimum Gasteiger partial charge on any atom is -0.493 e. The molecule has 108 valence electrons. The van der Waals surface area contributed by atoms with E-state index in [0.717, 1.165) is 12.1 Å². The van der Waals surface area contributed by atoms with E-state index in [0.29, 0.717) is 18.0 Å². The predicted octanol–water partition coefficient (Wildman–Crippen LogP) is 1.90. The van der Waals surface area contributed by atoms with E-state index in [4.69, 9.17) is 10.5 Å². The van der Waals surface area contributed by atoms with Crippen LogP contribution in [0.1, 0.15) is 20.3 Å². The van der Waals surface area contributed by atoms with Crippen LogP contribution in [0.2, 0.25) is 0 Å². The molecule has 0 aromatic heterocycles. The zero-order valence-electron chi connectivity index (χ0n) is 11.6. The highest BCUT2D eigenvalue weighted by Gasteiger charge is 2.11. The second kappa shape index (κ2) is 6.65. The van der Waals surface area contributed by atoms with Crippen molar-refractivity contribution in [2.24, 2.45) is 0 Å². The van der Waals surface area contributed by atoms with Crippen molar-refractivity contribution in [2.45, 2.75) is 26.3 Å². The van der Waals surface area contributed by atoms with Gasteiger partial charge in [0.25, 0.3) is 0 Å². The van der Waals surface area contributed by atoms with Gasteiger partial charge in [0, 0.05) is 35.8 Å². The zero-order valence-corrected chi connectivity index (χ0v) is 12.5. The Balaban J connectivity index is 2.74. The molecule has 1 aromatic carbocycles. The molecule has 0 saturated heterocycles. The SMILES string of the molecule is CCCOc1cc(N)cc(NC(C)CS(C)(=O)=O)c1. The second-order valence-corrected chi connectivity index (χ2v) is 6.96. The predicted molar refractivity (Wildman–Crippen MR) is 79.4 cm³/mol.